The Morgan fingerprint density at radius 1 is 1.71 bits per heavy atom. The summed E-state index contributed by atoms with van der Waals surface area (Å²) in [7, 11) is 1.82. The molecule has 14 heavy (non-hydrogen) atoms. The van der Waals surface area contributed by atoms with Gasteiger partial charge in [0.2, 0.25) is 0 Å². The van der Waals surface area contributed by atoms with E-state index in [1.54, 1.807) is 0 Å². The molecule has 1 aliphatic rings. The van der Waals surface area contributed by atoms with Gasteiger partial charge in [-0.2, -0.15) is 0 Å². The van der Waals surface area contributed by atoms with Gasteiger partial charge in [0.15, 0.2) is 6.17 Å². The van der Waals surface area contributed by atoms with Crippen LogP contribution in [0.5, 0.6) is 0 Å². The number of carbonyl (C=O) groups is 1. The molecular formula is C8H16IN3O2. The Morgan fingerprint density at radius 3 is 2.79 bits per heavy atom. The highest BCUT2D eigenvalue weighted by atomic mass is 127. The Balaban J connectivity index is 2.67. The van der Waals surface area contributed by atoms with E-state index in [2.05, 4.69) is 38.6 Å². The van der Waals surface area contributed by atoms with Crippen LogP contribution in [-0.2, 0) is 4.79 Å². The lowest BCUT2D eigenvalue weighted by Gasteiger charge is -2.22. The Labute approximate surface area is 97.7 Å². The van der Waals surface area contributed by atoms with E-state index in [4.69, 9.17) is 5.11 Å². The summed E-state index contributed by atoms with van der Waals surface area (Å²) < 4.78 is 3.10. The summed E-state index contributed by atoms with van der Waals surface area (Å²) >= 11 is 2.07. The molecule has 0 aromatic heterocycles. The van der Waals surface area contributed by atoms with Crippen molar-refractivity contribution in [1.82, 2.24) is 13.7 Å². The van der Waals surface area contributed by atoms with Gasteiger partial charge >= 0.3 is 5.97 Å². The number of hydrogen-bond acceptors (Lipinski definition) is 4. The molecule has 3 N–H and O–H groups in total. The topological polar surface area (TPSA) is 64.6 Å². The van der Waals surface area contributed by atoms with Gasteiger partial charge in [0.25, 0.3) is 0 Å². The van der Waals surface area contributed by atoms with Gasteiger partial charge < -0.3 is 5.11 Å². The molecule has 0 radical (unpaired) electrons. The number of aliphatic carboxylic acids is 1. The summed E-state index contributed by atoms with van der Waals surface area (Å²) in [6.45, 7) is 2.10. The van der Waals surface area contributed by atoms with Crippen LogP contribution in [0.15, 0.2) is 0 Å². The van der Waals surface area contributed by atoms with Crippen LogP contribution in [0.3, 0.4) is 0 Å². The summed E-state index contributed by atoms with van der Waals surface area (Å²) in [4.78, 5) is 12.7. The molecule has 1 heterocycles. The molecule has 0 aromatic rings. The number of halogens is 1. The lowest BCUT2D eigenvalue weighted by Crippen LogP contribution is -2.44. The van der Waals surface area contributed by atoms with E-state index in [-0.39, 0.29) is 12.2 Å². The molecule has 5 nitrogen and oxygen atoms in total. The van der Waals surface area contributed by atoms with E-state index < -0.39 is 12.1 Å². The zero-order valence-corrected chi connectivity index (χ0v) is 10.5. The molecule has 0 aliphatic carbocycles. The van der Waals surface area contributed by atoms with Crippen LogP contribution in [0.1, 0.15) is 19.8 Å². The fraction of sp³-hybridized carbons (Fsp3) is 0.875. The standard InChI is InChI=1S/C8H16IN3O2/c1-3-4-5-6(11-9)12(2)7(10-5)8(13)14/h5-7,10-11H,3-4H2,1-2H3,(H,13,14). The largest absolute Gasteiger partial charge is 0.479 e. The van der Waals surface area contributed by atoms with Gasteiger partial charge in [0, 0.05) is 28.9 Å². The number of nitrogens with zero attached hydrogens (tertiary/aromatic N) is 1. The van der Waals surface area contributed by atoms with Crippen LogP contribution < -0.4 is 8.85 Å². The zero-order valence-electron chi connectivity index (χ0n) is 8.33. The summed E-state index contributed by atoms with van der Waals surface area (Å²) in [6, 6.07) is 0.211. The maximum absolute atomic E-state index is 10.9. The van der Waals surface area contributed by atoms with E-state index in [0.717, 1.165) is 12.8 Å². The van der Waals surface area contributed by atoms with Crippen LogP contribution in [0.4, 0.5) is 0 Å². The van der Waals surface area contributed by atoms with Crippen LogP contribution in [-0.4, -0.2) is 41.4 Å². The van der Waals surface area contributed by atoms with Crippen LogP contribution in [0, 0.1) is 0 Å². The third-order valence-electron chi connectivity index (χ3n) is 2.54. The third kappa shape index (κ3) is 2.36. The normalized spacial score (nSPS) is 33.5. The fourth-order valence-corrected chi connectivity index (χ4v) is 2.68. The minimum absolute atomic E-state index is 0.0941. The van der Waals surface area contributed by atoms with Crippen molar-refractivity contribution in [2.24, 2.45) is 0 Å². The molecule has 0 aromatic carbocycles. The van der Waals surface area contributed by atoms with Crippen molar-refractivity contribution in [3.05, 3.63) is 0 Å². The average Bonchev–Trinajstić information content (AvgIpc) is 2.43. The van der Waals surface area contributed by atoms with E-state index in [9.17, 15) is 4.79 Å². The van der Waals surface area contributed by atoms with Crippen molar-refractivity contribution in [2.45, 2.75) is 38.1 Å². The molecule has 0 spiro atoms. The SMILES string of the molecule is CCCC1NC(C(=O)O)N(C)C1NI. The maximum Gasteiger partial charge on any atom is 0.335 e. The molecule has 1 aliphatic heterocycles. The molecule has 6 heteroatoms. The fourth-order valence-electron chi connectivity index (χ4n) is 1.81. The predicted octanol–water partition coefficient (Wildman–Crippen LogP) is 0.366. The highest BCUT2D eigenvalue weighted by Gasteiger charge is 2.40. The first kappa shape index (κ1) is 12.2. The molecule has 0 bridgehead atoms. The molecule has 0 amide bonds. The molecule has 82 valence electrons. The van der Waals surface area contributed by atoms with Gasteiger partial charge in [0.1, 0.15) is 0 Å². The molecule has 3 unspecified atom stereocenters. The first-order valence-electron chi connectivity index (χ1n) is 4.68. The highest BCUT2D eigenvalue weighted by Crippen LogP contribution is 2.17. The van der Waals surface area contributed by atoms with Crippen molar-refractivity contribution < 1.29 is 9.90 Å². The number of likely N-dealkylation sites (N-methyl/N-ethyl adjacent to an activating group) is 1. The molecule has 1 fully saturated rings. The number of rotatable bonds is 4. The zero-order chi connectivity index (χ0) is 10.7. The lowest BCUT2D eigenvalue weighted by atomic mass is 10.1. The lowest BCUT2D eigenvalue weighted by molar-refractivity contribution is -0.142. The van der Waals surface area contributed by atoms with Crippen molar-refractivity contribution in [2.75, 3.05) is 7.05 Å². The van der Waals surface area contributed by atoms with Gasteiger partial charge in [-0.15, -0.1) is 0 Å². The van der Waals surface area contributed by atoms with Gasteiger partial charge in [-0.05, 0) is 13.5 Å². The first-order chi connectivity index (χ1) is 6.61. The average molecular weight is 313 g/mol. The van der Waals surface area contributed by atoms with Crippen LogP contribution in [0.2, 0.25) is 0 Å². The molecule has 0 saturated carbocycles. The Kier molecular flexibility index (Phi) is 4.55. The second-order valence-electron chi connectivity index (χ2n) is 3.52. The summed E-state index contributed by atoms with van der Waals surface area (Å²) in [5.41, 5.74) is 0. The van der Waals surface area contributed by atoms with E-state index >= 15 is 0 Å². The number of carboxylic acids is 1. The minimum atomic E-state index is -0.817. The monoisotopic (exact) mass is 313 g/mol. The van der Waals surface area contributed by atoms with Gasteiger partial charge in [-0.25, -0.2) is 8.32 Å². The second kappa shape index (κ2) is 5.24. The van der Waals surface area contributed by atoms with E-state index in [0.29, 0.717) is 0 Å². The maximum atomic E-state index is 10.9. The number of hydrogen-bond donors (Lipinski definition) is 3. The predicted molar refractivity (Wildman–Crippen MR) is 62.0 cm³/mol. The highest BCUT2D eigenvalue weighted by molar-refractivity contribution is 14.1. The Bertz CT molecular complexity index is 215. The van der Waals surface area contributed by atoms with E-state index in [1.807, 2.05) is 11.9 Å². The molecule has 1 rings (SSSR count). The second-order valence-corrected chi connectivity index (χ2v) is 4.14. The summed E-state index contributed by atoms with van der Waals surface area (Å²) in [5, 5.41) is 12.0. The van der Waals surface area contributed by atoms with Gasteiger partial charge in [-0.1, -0.05) is 13.3 Å². The Hall–Kier alpha value is 0.0800. The number of carboxylic acid groups (broad SMARTS) is 1. The smallest absolute Gasteiger partial charge is 0.335 e. The quantitative estimate of drug-likeness (QED) is 0.517. The third-order valence-corrected chi connectivity index (χ3v) is 3.18. The van der Waals surface area contributed by atoms with E-state index in [1.165, 1.54) is 0 Å². The molecule has 3 atom stereocenters. The van der Waals surface area contributed by atoms with Gasteiger partial charge in [0.05, 0.1) is 6.17 Å². The van der Waals surface area contributed by atoms with Crippen molar-refractivity contribution in [3.63, 3.8) is 0 Å². The molecule has 1 saturated heterocycles. The van der Waals surface area contributed by atoms with Crippen LogP contribution >= 0.6 is 22.9 Å². The van der Waals surface area contributed by atoms with Crippen molar-refractivity contribution in [1.29, 1.82) is 0 Å². The van der Waals surface area contributed by atoms with Crippen molar-refractivity contribution >= 4 is 28.8 Å². The molecular weight excluding hydrogens is 297 g/mol. The van der Waals surface area contributed by atoms with Gasteiger partial charge in [-0.3, -0.25) is 10.2 Å². The van der Waals surface area contributed by atoms with Crippen LogP contribution in [0.25, 0.3) is 0 Å². The summed E-state index contributed by atoms with van der Waals surface area (Å²) in [5.74, 6) is -0.817. The van der Waals surface area contributed by atoms with Crippen molar-refractivity contribution in [3.8, 4) is 0 Å². The first-order valence-corrected chi connectivity index (χ1v) is 5.76. The number of nitrogens with one attached hydrogen (secondary N) is 2. The summed E-state index contributed by atoms with van der Waals surface area (Å²) in [6.07, 6.45) is 1.55. The Morgan fingerprint density at radius 2 is 2.36 bits per heavy atom. The minimum Gasteiger partial charge on any atom is -0.479 e.